The van der Waals surface area contributed by atoms with Crippen molar-refractivity contribution in [3.05, 3.63) is 0 Å². The summed E-state index contributed by atoms with van der Waals surface area (Å²) in [6, 6.07) is 0. The van der Waals surface area contributed by atoms with Crippen LogP contribution in [0.1, 0.15) is 20.3 Å². The fourth-order valence-corrected chi connectivity index (χ4v) is 1.35. The third-order valence-corrected chi connectivity index (χ3v) is 2.28. The molecule has 62 valence electrons. The first-order valence-corrected chi connectivity index (χ1v) is 4.83. The van der Waals surface area contributed by atoms with Gasteiger partial charge in [0, 0.05) is 0 Å². The van der Waals surface area contributed by atoms with Gasteiger partial charge in [-0.1, -0.05) is 13.8 Å². The lowest BCUT2D eigenvalue weighted by Crippen LogP contribution is -2.32. The summed E-state index contributed by atoms with van der Waals surface area (Å²) in [6.45, 7) is 3.93. The lowest BCUT2D eigenvalue weighted by molar-refractivity contribution is 0.564. The Kier molecular flexibility index (Phi) is 3.85. The van der Waals surface area contributed by atoms with E-state index in [1.54, 1.807) is 4.83 Å². The van der Waals surface area contributed by atoms with Gasteiger partial charge in [-0.15, -0.1) is 0 Å². The molecule has 0 aromatic rings. The Morgan fingerprint density at radius 3 is 2.30 bits per heavy atom. The first kappa shape index (κ1) is 9.87. The van der Waals surface area contributed by atoms with E-state index in [2.05, 4.69) is 0 Å². The molecule has 0 radical (unpaired) electrons. The lowest BCUT2D eigenvalue weighted by atomic mass is 10.2. The van der Waals surface area contributed by atoms with Crippen LogP contribution in [0.25, 0.3) is 0 Å². The number of hydrazine groups is 1. The molecule has 0 aromatic heterocycles. The van der Waals surface area contributed by atoms with Gasteiger partial charge < -0.3 is 0 Å². The summed E-state index contributed by atoms with van der Waals surface area (Å²) in [4.78, 5) is 1.77. The van der Waals surface area contributed by atoms with Gasteiger partial charge in [0.2, 0.25) is 10.0 Å². The van der Waals surface area contributed by atoms with E-state index >= 15 is 0 Å². The molecule has 0 rings (SSSR count). The van der Waals surface area contributed by atoms with E-state index in [9.17, 15) is 8.42 Å². The van der Waals surface area contributed by atoms with Gasteiger partial charge in [0.05, 0.1) is 5.75 Å². The van der Waals surface area contributed by atoms with Crippen molar-refractivity contribution in [1.29, 1.82) is 0 Å². The third kappa shape index (κ3) is 4.72. The minimum absolute atomic E-state index is 0.112. The van der Waals surface area contributed by atoms with Crippen LogP contribution in [0.3, 0.4) is 0 Å². The van der Waals surface area contributed by atoms with Crippen molar-refractivity contribution >= 4 is 10.0 Å². The average Bonchev–Trinajstić information content (AvgIpc) is 1.85. The molecular formula is C5H14N2O2S. The zero-order valence-electron chi connectivity index (χ0n) is 6.29. The Labute approximate surface area is 61.8 Å². The van der Waals surface area contributed by atoms with E-state index in [0.717, 1.165) is 0 Å². The SMILES string of the molecule is CC(C)CCS(=O)(=O)NN. The summed E-state index contributed by atoms with van der Waals surface area (Å²) < 4.78 is 21.3. The van der Waals surface area contributed by atoms with Gasteiger partial charge in [0.25, 0.3) is 0 Å². The van der Waals surface area contributed by atoms with Crippen LogP contribution in [0, 0.1) is 5.92 Å². The molecule has 0 heterocycles. The molecule has 0 fully saturated rings. The number of nitrogens with two attached hydrogens (primary N) is 1. The van der Waals surface area contributed by atoms with E-state index in [4.69, 9.17) is 5.84 Å². The van der Waals surface area contributed by atoms with Crippen LogP contribution in [-0.4, -0.2) is 14.2 Å². The van der Waals surface area contributed by atoms with Crippen LogP contribution in [0.4, 0.5) is 0 Å². The summed E-state index contributed by atoms with van der Waals surface area (Å²) in [7, 11) is -3.19. The molecular weight excluding hydrogens is 152 g/mol. The van der Waals surface area contributed by atoms with Crippen LogP contribution >= 0.6 is 0 Å². The van der Waals surface area contributed by atoms with E-state index < -0.39 is 10.0 Å². The van der Waals surface area contributed by atoms with Gasteiger partial charge in [-0.25, -0.2) is 8.42 Å². The van der Waals surface area contributed by atoms with Gasteiger partial charge in [0.1, 0.15) is 0 Å². The molecule has 5 heteroatoms. The summed E-state index contributed by atoms with van der Waals surface area (Å²) in [6.07, 6.45) is 0.645. The molecule has 3 N–H and O–H groups in total. The highest BCUT2D eigenvalue weighted by atomic mass is 32.2. The van der Waals surface area contributed by atoms with Crippen LogP contribution < -0.4 is 10.7 Å². The summed E-state index contributed by atoms with van der Waals surface area (Å²) in [5, 5.41) is 0. The Morgan fingerprint density at radius 1 is 1.50 bits per heavy atom. The molecule has 0 aliphatic rings. The minimum Gasteiger partial charge on any atom is -0.258 e. The zero-order valence-corrected chi connectivity index (χ0v) is 7.11. The Morgan fingerprint density at radius 2 is 2.00 bits per heavy atom. The molecule has 0 saturated heterocycles. The second-order valence-electron chi connectivity index (χ2n) is 2.62. The highest BCUT2D eigenvalue weighted by molar-refractivity contribution is 7.89. The van der Waals surface area contributed by atoms with Crippen molar-refractivity contribution in [3.8, 4) is 0 Å². The highest BCUT2D eigenvalue weighted by Gasteiger charge is 2.07. The molecule has 0 amide bonds. The van der Waals surface area contributed by atoms with Gasteiger partial charge in [-0.3, -0.25) is 5.84 Å². The second kappa shape index (κ2) is 3.90. The van der Waals surface area contributed by atoms with Crippen LogP contribution in [-0.2, 0) is 10.0 Å². The number of nitrogens with one attached hydrogen (secondary N) is 1. The Balaban J connectivity index is 3.70. The average molecular weight is 166 g/mol. The predicted molar refractivity (Wildman–Crippen MR) is 40.6 cm³/mol. The first-order chi connectivity index (χ1) is 4.48. The molecule has 0 atom stereocenters. The van der Waals surface area contributed by atoms with E-state index in [0.29, 0.717) is 12.3 Å². The van der Waals surface area contributed by atoms with Crippen molar-refractivity contribution in [1.82, 2.24) is 4.83 Å². The number of sulfonamides is 1. The first-order valence-electron chi connectivity index (χ1n) is 3.18. The maximum Gasteiger partial charge on any atom is 0.224 e. The van der Waals surface area contributed by atoms with Crippen molar-refractivity contribution in [2.75, 3.05) is 5.75 Å². The van der Waals surface area contributed by atoms with Gasteiger partial charge in [-0.05, 0) is 12.3 Å². The largest absolute Gasteiger partial charge is 0.258 e. The normalized spacial score (nSPS) is 12.4. The molecule has 0 unspecified atom stereocenters. The van der Waals surface area contributed by atoms with Crippen molar-refractivity contribution in [2.45, 2.75) is 20.3 Å². The standard InChI is InChI=1S/C5H14N2O2S/c1-5(2)3-4-10(8,9)7-6/h5,7H,3-4,6H2,1-2H3. The summed E-state index contributed by atoms with van der Waals surface area (Å²) >= 11 is 0. The zero-order chi connectivity index (χ0) is 8.20. The number of rotatable bonds is 4. The van der Waals surface area contributed by atoms with Crippen molar-refractivity contribution < 1.29 is 8.42 Å². The van der Waals surface area contributed by atoms with Gasteiger partial charge >= 0.3 is 0 Å². The maximum atomic E-state index is 10.7. The van der Waals surface area contributed by atoms with E-state index in [-0.39, 0.29) is 5.75 Å². The second-order valence-corrected chi connectivity index (χ2v) is 4.49. The Hall–Kier alpha value is -0.130. The predicted octanol–water partition coefficient (Wildman–Crippen LogP) is -0.174. The number of hydrogen-bond acceptors (Lipinski definition) is 3. The van der Waals surface area contributed by atoms with Crippen molar-refractivity contribution in [2.24, 2.45) is 11.8 Å². The monoisotopic (exact) mass is 166 g/mol. The van der Waals surface area contributed by atoms with Gasteiger partial charge in [-0.2, -0.15) is 4.83 Å². The summed E-state index contributed by atoms with van der Waals surface area (Å²) in [5.41, 5.74) is 0. The lowest BCUT2D eigenvalue weighted by Gasteiger charge is -2.03. The molecule has 0 spiro atoms. The quantitative estimate of drug-likeness (QED) is 0.449. The fourth-order valence-electron chi connectivity index (χ4n) is 0.450. The molecule has 0 saturated carbocycles. The van der Waals surface area contributed by atoms with Crippen LogP contribution in [0.15, 0.2) is 0 Å². The van der Waals surface area contributed by atoms with Crippen LogP contribution in [0.2, 0.25) is 0 Å². The molecule has 0 aliphatic carbocycles. The van der Waals surface area contributed by atoms with Crippen LogP contribution in [0.5, 0.6) is 0 Å². The Bertz CT molecular complexity index is 174. The molecule has 0 aromatic carbocycles. The van der Waals surface area contributed by atoms with Crippen molar-refractivity contribution in [3.63, 3.8) is 0 Å². The minimum atomic E-state index is -3.19. The fraction of sp³-hybridized carbons (Fsp3) is 1.00. The van der Waals surface area contributed by atoms with Gasteiger partial charge in [0.15, 0.2) is 0 Å². The summed E-state index contributed by atoms with van der Waals surface area (Å²) in [5.74, 6) is 5.26. The highest BCUT2D eigenvalue weighted by Crippen LogP contribution is 2.00. The molecule has 0 aliphatic heterocycles. The number of hydrogen-bond donors (Lipinski definition) is 2. The maximum absolute atomic E-state index is 10.7. The molecule has 4 nitrogen and oxygen atoms in total. The third-order valence-electron chi connectivity index (χ3n) is 1.14. The topological polar surface area (TPSA) is 72.2 Å². The molecule has 10 heavy (non-hydrogen) atoms. The van der Waals surface area contributed by atoms with E-state index in [1.165, 1.54) is 0 Å². The molecule has 0 bridgehead atoms. The smallest absolute Gasteiger partial charge is 0.224 e. The van der Waals surface area contributed by atoms with E-state index in [1.807, 2.05) is 13.8 Å².